The topological polar surface area (TPSA) is 0 Å². The van der Waals surface area contributed by atoms with Crippen molar-refractivity contribution in [2.24, 2.45) is 0 Å². The smallest absolute Gasteiger partial charge is 0.0854 e. The Labute approximate surface area is 178 Å². The summed E-state index contributed by atoms with van der Waals surface area (Å²) < 4.78 is 0. The lowest BCUT2D eigenvalue weighted by Crippen LogP contribution is -2.58. The minimum atomic E-state index is -2.13. The summed E-state index contributed by atoms with van der Waals surface area (Å²) in [5.74, 6) is 0. The minimum Gasteiger partial charge on any atom is -0.0900 e. The van der Waals surface area contributed by atoms with E-state index in [1.54, 1.807) is 0 Å². The van der Waals surface area contributed by atoms with Gasteiger partial charge in [0.15, 0.2) is 0 Å². The third kappa shape index (κ3) is 5.31. The summed E-state index contributed by atoms with van der Waals surface area (Å²) >= 11 is 23.3. The van der Waals surface area contributed by atoms with Gasteiger partial charge in [0.05, 0.1) is 8.07 Å². The van der Waals surface area contributed by atoms with Crippen LogP contribution < -0.4 is 0 Å². The van der Waals surface area contributed by atoms with Crippen LogP contribution in [0.3, 0.4) is 0 Å². The fourth-order valence-electron chi connectivity index (χ4n) is 5.43. The van der Waals surface area contributed by atoms with Gasteiger partial charge in [-0.05, 0) is 69.3 Å². The molecule has 25 heavy (non-hydrogen) atoms. The van der Waals surface area contributed by atoms with Crippen molar-refractivity contribution in [1.82, 2.24) is 0 Å². The highest BCUT2D eigenvalue weighted by atomic mass is 32.1. The standard InChI is InChI=1S/C20H36S4Si/c1-9-17(13(5)21)25(18(10-2)14(6)22,19(11-3)15(7)23)20(12-4)16(8)24/h17-20H,9-12H2,1-8H3. The van der Waals surface area contributed by atoms with Crippen LogP contribution in [-0.2, 0) is 0 Å². The maximum absolute atomic E-state index is 5.83. The first-order valence-electron chi connectivity index (χ1n) is 9.59. The molecule has 0 rings (SSSR count). The lowest BCUT2D eigenvalue weighted by atomic mass is 10.2. The Morgan fingerprint density at radius 1 is 0.520 bits per heavy atom. The van der Waals surface area contributed by atoms with Crippen molar-refractivity contribution in [3.05, 3.63) is 0 Å². The number of rotatable bonds is 12. The zero-order valence-electron chi connectivity index (χ0n) is 17.3. The summed E-state index contributed by atoms with van der Waals surface area (Å²) in [6.07, 6.45) is 4.27. The largest absolute Gasteiger partial charge is 0.0900 e. The van der Waals surface area contributed by atoms with E-state index in [9.17, 15) is 0 Å². The predicted molar refractivity (Wildman–Crippen MR) is 135 cm³/mol. The van der Waals surface area contributed by atoms with Crippen LogP contribution in [0.25, 0.3) is 0 Å². The quantitative estimate of drug-likeness (QED) is 0.225. The van der Waals surface area contributed by atoms with Crippen molar-refractivity contribution < 1.29 is 0 Å². The highest BCUT2D eigenvalue weighted by Crippen LogP contribution is 2.56. The van der Waals surface area contributed by atoms with Crippen molar-refractivity contribution in [2.75, 3.05) is 0 Å². The number of hydrogen-bond donors (Lipinski definition) is 0. The third-order valence-corrected chi connectivity index (χ3v) is 16.2. The maximum Gasteiger partial charge on any atom is 0.0854 e. The molecule has 0 fully saturated rings. The van der Waals surface area contributed by atoms with Crippen molar-refractivity contribution in [3.8, 4) is 0 Å². The fourth-order valence-corrected chi connectivity index (χ4v) is 17.1. The molecule has 4 atom stereocenters. The van der Waals surface area contributed by atoms with Crippen molar-refractivity contribution in [2.45, 2.75) is 103 Å². The highest BCUT2D eigenvalue weighted by Gasteiger charge is 2.57. The monoisotopic (exact) mass is 432 g/mol. The van der Waals surface area contributed by atoms with E-state index in [-0.39, 0.29) is 0 Å². The molecule has 144 valence electrons. The Balaban J connectivity index is 7.12. The molecule has 0 saturated carbocycles. The van der Waals surface area contributed by atoms with Gasteiger partial charge in [0.25, 0.3) is 0 Å². The highest BCUT2D eigenvalue weighted by molar-refractivity contribution is 7.82. The molecule has 0 aromatic rings. The summed E-state index contributed by atoms with van der Waals surface area (Å²) in [5.41, 5.74) is 1.71. The van der Waals surface area contributed by atoms with Crippen LogP contribution in [0.4, 0.5) is 0 Å². The first-order valence-corrected chi connectivity index (χ1v) is 13.5. The fraction of sp³-hybridized carbons (Fsp3) is 0.800. The van der Waals surface area contributed by atoms with E-state index in [1.807, 2.05) is 0 Å². The summed E-state index contributed by atoms with van der Waals surface area (Å²) in [6, 6.07) is 0. The van der Waals surface area contributed by atoms with Crippen LogP contribution in [0, 0.1) is 0 Å². The Kier molecular flexibility index (Phi) is 11.7. The molecule has 0 aliphatic carbocycles. The van der Waals surface area contributed by atoms with Gasteiger partial charge in [0, 0.05) is 0 Å². The van der Waals surface area contributed by atoms with Gasteiger partial charge in [0.2, 0.25) is 0 Å². The molecular weight excluding hydrogens is 397 g/mol. The molecule has 0 aliphatic heterocycles. The van der Waals surface area contributed by atoms with Gasteiger partial charge in [-0.3, -0.25) is 0 Å². The average Bonchev–Trinajstić information content (AvgIpc) is 2.47. The summed E-state index contributed by atoms with van der Waals surface area (Å²) in [4.78, 5) is 4.53. The SMILES string of the molecule is CCC(C(C)=S)[Si](C(CC)C(C)=S)(C(CC)C(C)=S)C(CC)C(C)=S. The van der Waals surface area contributed by atoms with Gasteiger partial charge >= 0.3 is 0 Å². The van der Waals surface area contributed by atoms with Crippen molar-refractivity contribution >= 4 is 76.4 Å². The van der Waals surface area contributed by atoms with Gasteiger partial charge < -0.3 is 0 Å². The van der Waals surface area contributed by atoms with E-state index in [0.29, 0.717) is 22.2 Å². The minimum absolute atomic E-state index is 0.427. The maximum atomic E-state index is 5.83. The summed E-state index contributed by atoms with van der Waals surface area (Å²) in [5, 5.41) is 0. The Bertz CT molecular complexity index is 418. The zero-order chi connectivity index (χ0) is 19.9. The molecule has 0 bridgehead atoms. The van der Waals surface area contributed by atoms with Gasteiger partial charge in [-0.25, -0.2) is 0 Å². The van der Waals surface area contributed by atoms with E-state index in [2.05, 4.69) is 55.4 Å². The van der Waals surface area contributed by atoms with E-state index in [1.165, 1.54) is 0 Å². The normalized spacial score (nSPS) is 18.6. The molecule has 0 aromatic heterocycles. The Morgan fingerprint density at radius 3 is 0.760 bits per heavy atom. The number of hydrogen-bond acceptors (Lipinski definition) is 4. The van der Waals surface area contributed by atoms with E-state index in [4.69, 9.17) is 48.9 Å². The van der Waals surface area contributed by atoms with Crippen molar-refractivity contribution in [1.29, 1.82) is 0 Å². The Morgan fingerprint density at radius 2 is 0.680 bits per heavy atom. The van der Waals surface area contributed by atoms with Gasteiger partial charge in [-0.2, -0.15) is 0 Å². The summed E-state index contributed by atoms with van der Waals surface area (Å²) in [7, 11) is -2.13. The molecule has 0 spiro atoms. The van der Waals surface area contributed by atoms with E-state index < -0.39 is 8.07 Å². The average molecular weight is 433 g/mol. The lowest BCUT2D eigenvalue weighted by Gasteiger charge is -2.54. The molecule has 0 amide bonds. The van der Waals surface area contributed by atoms with Crippen molar-refractivity contribution in [3.63, 3.8) is 0 Å². The lowest BCUT2D eigenvalue weighted by molar-refractivity contribution is 0.761. The first kappa shape index (κ1) is 25.6. The summed E-state index contributed by atoms with van der Waals surface area (Å²) in [6.45, 7) is 17.7. The van der Waals surface area contributed by atoms with Gasteiger partial charge in [-0.15, -0.1) is 0 Å². The van der Waals surface area contributed by atoms with Gasteiger partial charge in [-0.1, -0.05) is 102 Å². The predicted octanol–water partition coefficient (Wildman–Crippen LogP) is 8.12. The van der Waals surface area contributed by atoms with E-state index in [0.717, 1.165) is 45.1 Å². The molecule has 0 heterocycles. The van der Waals surface area contributed by atoms with Crippen LogP contribution in [0.15, 0.2) is 0 Å². The second-order valence-electron chi connectivity index (χ2n) is 7.29. The molecular formula is C20H36S4Si. The van der Waals surface area contributed by atoms with Crippen LogP contribution in [0.1, 0.15) is 81.1 Å². The molecule has 4 unspecified atom stereocenters. The molecule has 0 saturated heterocycles. The third-order valence-electron chi connectivity index (χ3n) is 6.01. The van der Waals surface area contributed by atoms with Crippen LogP contribution in [0.2, 0.25) is 22.2 Å². The second kappa shape index (κ2) is 11.4. The van der Waals surface area contributed by atoms with Crippen LogP contribution >= 0.6 is 48.9 Å². The number of thiocarbonyl (C=S) groups is 4. The molecule has 0 aromatic carbocycles. The molecule has 0 N–H and O–H groups in total. The first-order chi connectivity index (χ1) is 11.6. The van der Waals surface area contributed by atoms with E-state index >= 15 is 0 Å². The molecule has 5 heteroatoms. The molecule has 0 nitrogen and oxygen atoms in total. The zero-order valence-corrected chi connectivity index (χ0v) is 21.5. The van der Waals surface area contributed by atoms with Gasteiger partial charge in [0.1, 0.15) is 0 Å². The second-order valence-corrected chi connectivity index (χ2v) is 14.6. The molecule has 0 aliphatic rings. The Hall–Kier alpha value is 0.577. The van der Waals surface area contributed by atoms with Crippen LogP contribution in [-0.4, -0.2) is 27.5 Å². The molecule has 0 radical (unpaired) electrons. The van der Waals surface area contributed by atoms with Crippen LogP contribution in [0.5, 0.6) is 0 Å².